The lowest BCUT2D eigenvalue weighted by atomic mass is 9.98. The van der Waals surface area contributed by atoms with Gasteiger partial charge in [-0.05, 0) is 53.8 Å². The van der Waals surface area contributed by atoms with Crippen LogP contribution in [0.25, 0.3) is 11.1 Å². The topological polar surface area (TPSA) is 75.6 Å². The Morgan fingerprint density at radius 2 is 1.44 bits per heavy atom. The lowest BCUT2D eigenvalue weighted by Gasteiger charge is -2.20. The zero-order valence-corrected chi connectivity index (χ0v) is 20.3. The maximum atomic E-state index is 12.8. The lowest BCUT2D eigenvalue weighted by Crippen LogP contribution is -2.25. The average Bonchev–Trinajstić information content (AvgIpc) is 2.88. The molecule has 3 rings (SSSR count). The molecule has 0 aromatic heterocycles. The average molecular weight is 496 g/mol. The minimum Gasteiger partial charge on any atom is -0.486 e. The number of hydrogen-bond acceptors (Lipinski definition) is 3. The highest BCUT2D eigenvalue weighted by molar-refractivity contribution is 5.94. The molecular formula is C29H31F2NO4. The van der Waals surface area contributed by atoms with E-state index in [9.17, 15) is 18.4 Å². The fraction of sp³-hybridized carbons (Fsp3) is 0.310. The minimum atomic E-state index is -2.48. The number of nitrogens with one attached hydrogen (secondary N) is 1. The van der Waals surface area contributed by atoms with Crippen LogP contribution in [0.3, 0.4) is 0 Å². The summed E-state index contributed by atoms with van der Waals surface area (Å²) in [6, 6.07) is 21.0. The summed E-state index contributed by atoms with van der Waals surface area (Å²) in [5, 5.41) is 11.3. The van der Waals surface area contributed by atoms with Crippen molar-refractivity contribution >= 4 is 11.9 Å². The molecule has 36 heavy (non-hydrogen) atoms. The molecule has 7 heteroatoms. The summed E-state index contributed by atoms with van der Waals surface area (Å²) in [6.45, 7) is 2.21. The van der Waals surface area contributed by atoms with Crippen LogP contribution >= 0.6 is 0 Å². The van der Waals surface area contributed by atoms with Gasteiger partial charge in [0.1, 0.15) is 11.9 Å². The number of rotatable bonds is 13. The Bertz CT molecular complexity index is 1110. The van der Waals surface area contributed by atoms with Crippen LogP contribution in [0.5, 0.6) is 5.75 Å². The zero-order chi connectivity index (χ0) is 25.9. The Kier molecular flexibility index (Phi) is 9.98. The van der Waals surface area contributed by atoms with Gasteiger partial charge in [0.2, 0.25) is 0 Å². The van der Waals surface area contributed by atoms with Gasteiger partial charge in [0.25, 0.3) is 12.3 Å². The fourth-order valence-electron chi connectivity index (χ4n) is 3.82. The summed E-state index contributed by atoms with van der Waals surface area (Å²) >= 11 is 0. The molecule has 0 saturated carbocycles. The third-order valence-electron chi connectivity index (χ3n) is 5.87. The first-order valence-electron chi connectivity index (χ1n) is 12.1. The number of carboxylic acid groups (broad SMARTS) is 1. The van der Waals surface area contributed by atoms with E-state index >= 15 is 0 Å². The molecule has 0 aliphatic heterocycles. The van der Waals surface area contributed by atoms with E-state index in [-0.39, 0.29) is 30.5 Å². The third-order valence-corrected chi connectivity index (χ3v) is 5.87. The number of carbonyl (C=O) groups excluding carboxylic acids is 1. The maximum Gasteiger partial charge on any atom is 0.305 e. The van der Waals surface area contributed by atoms with Crippen LogP contribution in [0.1, 0.15) is 73.0 Å². The van der Waals surface area contributed by atoms with Crippen LogP contribution in [0.2, 0.25) is 0 Å². The normalized spacial score (nSPS) is 11.8. The van der Waals surface area contributed by atoms with E-state index < -0.39 is 12.4 Å². The molecule has 1 amide bonds. The molecule has 190 valence electrons. The van der Waals surface area contributed by atoms with Crippen molar-refractivity contribution in [3.8, 4) is 16.9 Å². The van der Waals surface area contributed by atoms with Crippen molar-refractivity contribution in [2.45, 2.75) is 51.6 Å². The molecule has 0 aliphatic rings. The molecule has 0 spiro atoms. The number of hydrogen-bond donors (Lipinski definition) is 2. The SMILES string of the molecule is CCCCCC(Oc1ccc(C(=O)NCCC(=O)O)cc1)c1ccc(-c2ccc(C(F)F)cc2)cc1. The van der Waals surface area contributed by atoms with E-state index in [0.717, 1.165) is 42.4 Å². The van der Waals surface area contributed by atoms with Gasteiger partial charge in [-0.25, -0.2) is 8.78 Å². The molecular weight excluding hydrogens is 464 g/mol. The fourth-order valence-corrected chi connectivity index (χ4v) is 3.82. The van der Waals surface area contributed by atoms with Crippen molar-refractivity contribution in [3.63, 3.8) is 0 Å². The molecule has 0 fully saturated rings. The summed E-state index contributed by atoms with van der Waals surface area (Å²) < 4.78 is 32.0. The number of amides is 1. The number of ether oxygens (including phenoxy) is 1. The molecule has 0 heterocycles. The van der Waals surface area contributed by atoms with E-state index in [1.54, 1.807) is 36.4 Å². The summed E-state index contributed by atoms with van der Waals surface area (Å²) in [5.41, 5.74) is 3.24. The summed E-state index contributed by atoms with van der Waals surface area (Å²) in [5.74, 6) is -0.671. The van der Waals surface area contributed by atoms with Crippen LogP contribution in [-0.4, -0.2) is 23.5 Å². The number of unbranched alkanes of at least 4 members (excludes halogenated alkanes) is 2. The van der Waals surface area contributed by atoms with Gasteiger partial charge < -0.3 is 15.2 Å². The molecule has 0 bridgehead atoms. The van der Waals surface area contributed by atoms with Crippen molar-refractivity contribution in [2.24, 2.45) is 0 Å². The molecule has 5 nitrogen and oxygen atoms in total. The van der Waals surface area contributed by atoms with Gasteiger partial charge in [-0.3, -0.25) is 9.59 Å². The van der Waals surface area contributed by atoms with E-state index in [2.05, 4.69) is 12.2 Å². The quantitative estimate of drug-likeness (QED) is 0.246. The van der Waals surface area contributed by atoms with Gasteiger partial charge in [-0.15, -0.1) is 0 Å². The molecule has 3 aromatic carbocycles. The van der Waals surface area contributed by atoms with Gasteiger partial charge in [0.15, 0.2) is 0 Å². The molecule has 1 unspecified atom stereocenters. The molecule has 3 aromatic rings. The van der Waals surface area contributed by atoms with Crippen molar-refractivity contribution in [1.29, 1.82) is 0 Å². The molecule has 0 radical (unpaired) electrons. The molecule has 2 N–H and O–H groups in total. The van der Waals surface area contributed by atoms with E-state index in [1.165, 1.54) is 12.1 Å². The second-order valence-electron chi connectivity index (χ2n) is 8.57. The van der Waals surface area contributed by atoms with E-state index in [0.29, 0.717) is 11.3 Å². The molecule has 0 aliphatic carbocycles. The summed E-state index contributed by atoms with van der Waals surface area (Å²) in [7, 11) is 0. The number of carbonyl (C=O) groups is 2. The predicted molar refractivity (Wildman–Crippen MR) is 135 cm³/mol. The van der Waals surface area contributed by atoms with Crippen LogP contribution in [0.4, 0.5) is 8.78 Å². The summed E-state index contributed by atoms with van der Waals surface area (Å²) in [4.78, 5) is 22.8. The van der Waals surface area contributed by atoms with Crippen molar-refractivity contribution in [3.05, 3.63) is 89.5 Å². The highest BCUT2D eigenvalue weighted by Gasteiger charge is 2.15. The highest BCUT2D eigenvalue weighted by atomic mass is 19.3. The van der Waals surface area contributed by atoms with Gasteiger partial charge >= 0.3 is 5.97 Å². The Balaban J connectivity index is 1.69. The van der Waals surface area contributed by atoms with Crippen molar-refractivity contribution in [2.75, 3.05) is 6.54 Å². The third kappa shape index (κ3) is 7.90. The van der Waals surface area contributed by atoms with Gasteiger partial charge in [0, 0.05) is 17.7 Å². The van der Waals surface area contributed by atoms with Gasteiger partial charge in [-0.1, -0.05) is 68.3 Å². The number of carboxylic acids is 1. The number of halogens is 2. The number of benzene rings is 3. The monoisotopic (exact) mass is 495 g/mol. The molecule has 1 atom stereocenters. The summed E-state index contributed by atoms with van der Waals surface area (Å²) in [6.07, 6.45) is 1.21. The van der Waals surface area contributed by atoms with E-state index in [4.69, 9.17) is 9.84 Å². The maximum absolute atomic E-state index is 12.8. The van der Waals surface area contributed by atoms with Crippen LogP contribution in [0, 0.1) is 0 Å². The second kappa shape index (κ2) is 13.4. The molecule has 0 saturated heterocycles. The Hall–Kier alpha value is -3.74. The number of aliphatic carboxylic acids is 1. The minimum absolute atomic E-state index is 0.00326. The Morgan fingerprint density at radius 1 is 0.861 bits per heavy atom. The first-order chi connectivity index (χ1) is 17.4. The van der Waals surface area contributed by atoms with Gasteiger partial charge in [0.05, 0.1) is 6.42 Å². The largest absolute Gasteiger partial charge is 0.486 e. The smallest absolute Gasteiger partial charge is 0.305 e. The van der Waals surface area contributed by atoms with Crippen molar-refractivity contribution in [1.82, 2.24) is 5.32 Å². The van der Waals surface area contributed by atoms with Crippen LogP contribution in [-0.2, 0) is 4.79 Å². The lowest BCUT2D eigenvalue weighted by molar-refractivity contribution is -0.136. The Morgan fingerprint density at radius 3 is 1.97 bits per heavy atom. The predicted octanol–water partition coefficient (Wildman–Crippen LogP) is 7.20. The second-order valence-corrected chi connectivity index (χ2v) is 8.57. The van der Waals surface area contributed by atoms with Crippen LogP contribution < -0.4 is 10.1 Å². The standard InChI is InChI=1S/C29H31F2NO4/c1-2-3-4-5-26(36-25-16-14-24(15-17-25)29(35)32-19-18-27(33)34)22-10-6-20(7-11-22)21-8-12-23(13-9-21)28(30)31/h6-17,26,28H,2-5,18-19H2,1H3,(H,32,35)(H,33,34). The first-order valence-corrected chi connectivity index (χ1v) is 12.1. The van der Waals surface area contributed by atoms with E-state index in [1.807, 2.05) is 24.3 Å². The first kappa shape index (κ1) is 26.9. The van der Waals surface area contributed by atoms with Crippen LogP contribution in [0.15, 0.2) is 72.8 Å². The van der Waals surface area contributed by atoms with Crippen molar-refractivity contribution < 1.29 is 28.2 Å². The number of alkyl halides is 2. The highest BCUT2D eigenvalue weighted by Crippen LogP contribution is 2.30. The zero-order valence-electron chi connectivity index (χ0n) is 20.3. The Labute approximate surface area is 210 Å². The van der Waals surface area contributed by atoms with Gasteiger partial charge in [-0.2, -0.15) is 0 Å².